The van der Waals surface area contributed by atoms with Crippen molar-refractivity contribution in [3.05, 3.63) is 34.5 Å². The zero-order chi connectivity index (χ0) is 19.9. The quantitative estimate of drug-likeness (QED) is 0.716. The van der Waals surface area contributed by atoms with Gasteiger partial charge in [0, 0.05) is 31.6 Å². The molecular formula is C18H19ClF2N6O. The molecule has 28 heavy (non-hydrogen) atoms. The Kier molecular flexibility index (Phi) is 4.83. The van der Waals surface area contributed by atoms with Gasteiger partial charge in [0.15, 0.2) is 0 Å². The molecule has 0 spiro atoms. The summed E-state index contributed by atoms with van der Waals surface area (Å²) < 4.78 is 33.3. The Hall–Kier alpha value is -2.47. The SMILES string of the molecule is [C-]#[N+]C1CC(n2ncc(Nc3ncc(Cl)c(OCC4CC(F)(F)C4)n3)c2C)C1. The highest BCUT2D eigenvalue weighted by atomic mass is 35.5. The Bertz CT molecular complexity index is 913. The van der Waals surface area contributed by atoms with Crippen LogP contribution in [0.25, 0.3) is 4.85 Å². The second kappa shape index (κ2) is 7.17. The molecule has 0 aromatic carbocycles. The summed E-state index contributed by atoms with van der Waals surface area (Å²) >= 11 is 6.06. The van der Waals surface area contributed by atoms with E-state index < -0.39 is 5.92 Å². The van der Waals surface area contributed by atoms with Gasteiger partial charge in [0.05, 0.1) is 36.4 Å². The number of aromatic nitrogens is 4. The minimum absolute atomic E-state index is 0.0833. The molecule has 2 aliphatic rings. The van der Waals surface area contributed by atoms with Gasteiger partial charge in [-0.2, -0.15) is 10.1 Å². The molecule has 0 atom stereocenters. The van der Waals surface area contributed by atoms with Crippen LogP contribution in [0.3, 0.4) is 0 Å². The molecule has 148 valence electrons. The van der Waals surface area contributed by atoms with Crippen molar-refractivity contribution in [2.45, 2.75) is 50.6 Å². The Morgan fingerprint density at radius 2 is 2.14 bits per heavy atom. The number of hydrogen-bond donors (Lipinski definition) is 1. The number of ether oxygens (including phenoxy) is 1. The Labute approximate surface area is 165 Å². The summed E-state index contributed by atoms with van der Waals surface area (Å²) in [4.78, 5) is 11.9. The molecule has 1 N–H and O–H groups in total. The molecule has 0 saturated heterocycles. The number of halogens is 3. The summed E-state index contributed by atoms with van der Waals surface area (Å²) in [7, 11) is 0. The van der Waals surface area contributed by atoms with Crippen molar-refractivity contribution in [1.82, 2.24) is 19.7 Å². The van der Waals surface area contributed by atoms with Crippen LogP contribution in [0, 0.1) is 19.4 Å². The van der Waals surface area contributed by atoms with Gasteiger partial charge in [-0.25, -0.2) is 20.3 Å². The molecule has 2 aromatic rings. The molecule has 2 aliphatic carbocycles. The van der Waals surface area contributed by atoms with Crippen molar-refractivity contribution in [3.8, 4) is 5.88 Å². The lowest BCUT2D eigenvalue weighted by Gasteiger charge is -2.34. The maximum atomic E-state index is 12.9. The first-order valence-corrected chi connectivity index (χ1v) is 9.43. The van der Waals surface area contributed by atoms with E-state index in [-0.39, 0.29) is 54.3 Å². The van der Waals surface area contributed by atoms with E-state index in [4.69, 9.17) is 22.9 Å². The van der Waals surface area contributed by atoms with Crippen LogP contribution >= 0.6 is 11.6 Å². The van der Waals surface area contributed by atoms with Crippen LogP contribution in [0.2, 0.25) is 5.02 Å². The van der Waals surface area contributed by atoms with Gasteiger partial charge in [-0.3, -0.25) is 4.68 Å². The average molecular weight is 409 g/mol. The summed E-state index contributed by atoms with van der Waals surface area (Å²) in [6, 6.07) is 0.320. The number of rotatable bonds is 6. The van der Waals surface area contributed by atoms with Crippen molar-refractivity contribution in [2.75, 3.05) is 11.9 Å². The molecule has 0 amide bonds. The zero-order valence-corrected chi connectivity index (χ0v) is 16.0. The highest BCUT2D eigenvalue weighted by Crippen LogP contribution is 2.42. The van der Waals surface area contributed by atoms with Crippen LogP contribution < -0.4 is 10.1 Å². The number of anilines is 2. The standard InChI is InChI=1S/C18H19ClF2N6O/c1-10-15(8-24-27(10)13-3-12(4-13)22-2)25-17-23-7-14(19)16(26-17)28-9-11-5-18(20,21)6-11/h7-8,11-13H,3-6,9H2,1H3,(H,23,25,26). The van der Waals surface area contributed by atoms with E-state index in [1.165, 1.54) is 6.20 Å². The van der Waals surface area contributed by atoms with Gasteiger partial charge in [-0.15, -0.1) is 0 Å². The predicted octanol–water partition coefficient (Wildman–Crippen LogP) is 4.43. The first kappa shape index (κ1) is 18.9. The highest BCUT2D eigenvalue weighted by Gasteiger charge is 2.45. The summed E-state index contributed by atoms with van der Waals surface area (Å²) in [5, 5.41) is 7.72. The molecular weight excluding hydrogens is 390 g/mol. The first-order chi connectivity index (χ1) is 13.3. The van der Waals surface area contributed by atoms with E-state index >= 15 is 0 Å². The van der Waals surface area contributed by atoms with Crippen LogP contribution in [-0.2, 0) is 0 Å². The van der Waals surface area contributed by atoms with E-state index in [9.17, 15) is 8.78 Å². The Morgan fingerprint density at radius 1 is 1.39 bits per heavy atom. The molecule has 2 saturated carbocycles. The molecule has 0 unspecified atom stereocenters. The number of nitrogens with zero attached hydrogens (tertiary/aromatic N) is 5. The van der Waals surface area contributed by atoms with Crippen LogP contribution in [0.1, 0.15) is 37.4 Å². The van der Waals surface area contributed by atoms with Crippen LogP contribution in [0.5, 0.6) is 5.88 Å². The maximum Gasteiger partial charge on any atom is 0.248 e. The molecule has 2 fully saturated rings. The topological polar surface area (TPSA) is 69.2 Å². The van der Waals surface area contributed by atoms with Crippen molar-refractivity contribution >= 4 is 23.2 Å². The molecule has 0 bridgehead atoms. The number of hydrogen-bond acceptors (Lipinski definition) is 5. The van der Waals surface area contributed by atoms with Gasteiger partial charge in [0.25, 0.3) is 0 Å². The van der Waals surface area contributed by atoms with Gasteiger partial charge in [-0.1, -0.05) is 11.6 Å². The Balaban J connectivity index is 1.40. The molecule has 0 aliphatic heterocycles. The van der Waals surface area contributed by atoms with Gasteiger partial charge in [-0.05, 0) is 6.92 Å². The summed E-state index contributed by atoms with van der Waals surface area (Å²) in [5.41, 5.74) is 1.67. The molecule has 4 rings (SSSR count). The minimum atomic E-state index is -2.58. The fourth-order valence-corrected chi connectivity index (χ4v) is 3.66. The average Bonchev–Trinajstić information content (AvgIpc) is 2.93. The molecule has 2 aromatic heterocycles. The van der Waals surface area contributed by atoms with E-state index in [0.717, 1.165) is 24.2 Å². The smallest absolute Gasteiger partial charge is 0.248 e. The van der Waals surface area contributed by atoms with Gasteiger partial charge in [0.1, 0.15) is 5.02 Å². The zero-order valence-electron chi connectivity index (χ0n) is 15.2. The molecule has 2 heterocycles. The lowest BCUT2D eigenvalue weighted by atomic mass is 9.82. The van der Waals surface area contributed by atoms with Gasteiger partial charge in [0.2, 0.25) is 23.8 Å². The van der Waals surface area contributed by atoms with Crippen LogP contribution in [0.4, 0.5) is 20.4 Å². The van der Waals surface area contributed by atoms with Gasteiger partial charge >= 0.3 is 0 Å². The van der Waals surface area contributed by atoms with E-state index in [1.54, 1.807) is 6.20 Å². The monoisotopic (exact) mass is 408 g/mol. The minimum Gasteiger partial charge on any atom is -0.476 e. The van der Waals surface area contributed by atoms with Crippen molar-refractivity contribution < 1.29 is 13.5 Å². The van der Waals surface area contributed by atoms with Crippen molar-refractivity contribution in [3.63, 3.8) is 0 Å². The summed E-state index contributed by atoms with van der Waals surface area (Å²) in [5.74, 6) is -2.32. The summed E-state index contributed by atoms with van der Waals surface area (Å²) in [6.45, 7) is 9.14. The van der Waals surface area contributed by atoms with Gasteiger partial charge < -0.3 is 14.9 Å². The molecule has 10 heteroatoms. The van der Waals surface area contributed by atoms with E-state index in [2.05, 4.69) is 25.2 Å². The third kappa shape index (κ3) is 3.74. The Morgan fingerprint density at radius 3 is 2.82 bits per heavy atom. The van der Waals surface area contributed by atoms with Crippen molar-refractivity contribution in [2.24, 2.45) is 5.92 Å². The molecule has 0 radical (unpaired) electrons. The predicted molar refractivity (Wildman–Crippen MR) is 99.1 cm³/mol. The van der Waals surface area contributed by atoms with E-state index in [0.29, 0.717) is 0 Å². The fraction of sp³-hybridized carbons (Fsp3) is 0.556. The lowest BCUT2D eigenvalue weighted by Crippen LogP contribution is -2.38. The fourth-order valence-electron chi connectivity index (χ4n) is 3.51. The summed E-state index contributed by atoms with van der Waals surface area (Å²) in [6.07, 6.45) is 4.37. The molecule has 7 nitrogen and oxygen atoms in total. The van der Waals surface area contributed by atoms with E-state index in [1.807, 2.05) is 11.6 Å². The maximum absolute atomic E-state index is 12.9. The second-order valence-electron chi connectivity index (χ2n) is 7.41. The third-order valence-electron chi connectivity index (χ3n) is 5.25. The number of alkyl halides is 2. The second-order valence-corrected chi connectivity index (χ2v) is 7.82. The third-order valence-corrected chi connectivity index (χ3v) is 5.51. The lowest BCUT2D eigenvalue weighted by molar-refractivity contribution is -0.119. The first-order valence-electron chi connectivity index (χ1n) is 9.05. The normalized spacial score (nSPS) is 23.4. The number of nitrogens with one attached hydrogen (secondary N) is 1. The van der Waals surface area contributed by atoms with Crippen molar-refractivity contribution in [1.29, 1.82) is 0 Å². The van der Waals surface area contributed by atoms with Crippen LogP contribution in [0.15, 0.2) is 12.4 Å². The van der Waals surface area contributed by atoms with Crippen LogP contribution in [-0.4, -0.2) is 38.3 Å². The largest absolute Gasteiger partial charge is 0.476 e. The highest BCUT2D eigenvalue weighted by molar-refractivity contribution is 6.31.